The molecule has 0 aromatic heterocycles. The van der Waals surface area contributed by atoms with Gasteiger partial charge in [-0.1, -0.05) is 31.8 Å². The zero-order valence-electron chi connectivity index (χ0n) is 21.8. The van der Waals surface area contributed by atoms with Crippen LogP contribution < -0.4 is 0 Å². The number of carbonyl (C=O) groups excluding carboxylic acids is 5. The van der Waals surface area contributed by atoms with Crippen molar-refractivity contribution in [2.45, 2.75) is 77.1 Å². The van der Waals surface area contributed by atoms with E-state index in [9.17, 15) is 24.0 Å². The van der Waals surface area contributed by atoms with Crippen molar-refractivity contribution < 1.29 is 47.7 Å². The Labute approximate surface area is 216 Å². The third-order valence-corrected chi connectivity index (χ3v) is 7.63. The summed E-state index contributed by atoms with van der Waals surface area (Å²) >= 11 is 0. The SMILES string of the molecule is CC(=O)OC[C@H]1O[C@@H](OCC[Si](C)(C)C)[C@H](N2C(=O)c3ccccc3C2=O)[C@@H](OC(C)=O)[C@@H]1OC(C)=O. The molecule has 11 nitrogen and oxygen atoms in total. The Morgan fingerprint density at radius 2 is 1.43 bits per heavy atom. The second kappa shape index (κ2) is 11.5. The molecule has 2 amide bonds. The monoisotopic (exact) mass is 535 g/mol. The van der Waals surface area contributed by atoms with E-state index in [1.165, 1.54) is 19.1 Å². The topological polar surface area (TPSA) is 135 Å². The minimum Gasteiger partial charge on any atom is -0.463 e. The molecule has 2 aliphatic heterocycles. The van der Waals surface area contributed by atoms with Crippen molar-refractivity contribution in [1.82, 2.24) is 4.90 Å². The van der Waals surface area contributed by atoms with Crippen molar-refractivity contribution in [1.29, 1.82) is 0 Å². The number of rotatable bonds is 9. The van der Waals surface area contributed by atoms with E-state index in [4.69, 9.17) is 23.7 Å². The Bertz CT molecular complexity index is 1030. The minimum atomic E-state index is -1.55. The van der Waals surface area contributed by atoms with Gasteiger partial charge in [-0.25, -0.2) is 0 Å². The lowest BCUT2D eigenvalue weighted by molar-refractivity contribution is -0.285. The first-order valence-corrected chi connectivity index (χ1v) is 15.7. The van der Waals surface area contributed by atoms with Crippen molar-refractivity contribution in [3.8, 4) is 0 Å². The summed E-state index contributed by atoms with van der Waals surface area (Å²) in [6.45, 7) is 9.88. The quantitative estimate of drug-likeness (QED) is 0.200. The number of hydrogen-bond acceptors (Lipinski definition) is 10. The zero-order chi connectivity index (χ0) is 27.5. The molecule has 0 bridgehead atoms. The van der Waals surface area contributed by atoms with E-state index in [1.54, 1.807) is 12.1 Å². The first-order valence-electron chi connectivity index (χ1n) is 12.0. The van der Waals surface area contributed by atoms with Gasteiger partial charge in [-0.15, -0.1) is 0 Å². The summed E-state index contributed by atoms with van der Waals surface area (Å²) in [6.07, 6.45) is -5.00. The molecule has 3 rings (SSSR count). The Hall–Kier alpha value is -3.09. The van der Waals surface area contributed by atoms with Crippen LogP contribution in [0, 0.1) is 0 Å². The fourth-order valence-corrected chi connectivity index (χ4v) is 4.98. The van der Waals surface area contributed by atoms with Gasteiger partial charge in [0.05, 0.1) is 11.1 Å². The largest absolute Gasteiger partial charge is 0.463 e. The smallest absolute Gasteiger partial charge is 0.303 e. The standard InChI is InChI=1S/C25H33NO10Si/c1-14(27)33-13-19-21(34-15(2)28)22(35-16(3)29)20(25(36-19)32-11-12-37(4,5)6)26-23(30)17-9-7-8-10-18(17)24(26)31/h7-10,19-22,25H,11-13H2,1-6H3/t19-,20-,21-,22-,25-/m1/s1. The number of esters is 3. The Kier molecular flexibility index (Phi) is 8.87. The van der Waals surface area contributed by atoms with E-state index in [0.717, 1.165) is 24.8 Å². The summed E-state index contributed by atoms with van der Waals surface area (Å²) in [7, 11) is -1.55. The fourth-order valence-electron chi connectivity index (χ4n) is 4.25. The number of ether oxygens (including phenoxy) is 5. The third kappa shape index (κ3) is 6.82. The minimum absolute atomic E-state index is 0.181. The summed E-state index contributed by atoms with van der Waals surface area (Å²) in [5.41, 5.74) is 0.363. The molecule has 0 saturated carbocycles. The van der Waals surface area contributed by atoms with Crippen molar-refractivity contribution in [3.05, 3.63) is 35.4 Å². The van der Waals surface area contributed by atoms with E-state index in [0.29, 0.717) is 0 Å². The van der Waals surface area contributed by atoms with Crippen LogP contribution in [-0.2, 0) is 38.1 Å². The van der Waals surface area contributed by atoms with E-state index in [2.05, 4.69) is 19.6 Å². The van der Waals surface area contributed by atoms with Gasteiger partial charge in [0.15, 0.2) is 18.5 Å². The van der Waals surface area contributed by atoms with Crippen LogP contribution in [0.3, 0.4) is 0 Å². The summed E-state index contributed by atoms with van der Waals surface area (Å²) in [5, 5.41) is 0. The van der Waals surface area contributed by atoms with Gasteiger partial charge in [0, 0.05) is 35.5 Å². The lowest BCUT2D eigenvalue weighted by Gasteiger charge is -2.47. The molecule has 0 aliphatic carbocycles. The molecule has 1 aromatic rings. The van der Waals surface area contributed by atoms with Crippen molar-refractivity contribution in [2.24, 2.45) is 0 Å². The van der Waals surface area contributed by atoms with E-state index >= 15 is 0 Å². The van der Waals surface area contributed by atoms with Crippen LogP contribution in [0.5, 0.6) is 0 Å². The van der Waals surface area contributed by atoms with Crippen LogP contribution in [-0.4, -0.2) is 86.6 Å². The van der Waals surface area contributed by atoms with Gasteiger partial charge < -0.3 is 23.7 Å². The van der Waals surface area contributed by atoms with Crippen LogP contribution in [0.2, 0.25) is 25.7 Å². The predicted molar refractivity (Wildman–Crippen MR) is 131 cm³/mol. The number of nitrogens with zero attached hydrogens (tertiary/aromatic N) is 1. The van der Waals surface area contributed by atoms with Crippen LogP contribution >= 0.6 is 0 Å². The van der Waals surface area contributed by atoms with Gasteiger partial charge in [-0.2, -0.15) is 0 Å². The maximum atomic E-state index is 13.4. The summed E-state index contributed by atoms with van der Waals surface area (Å²) < 4.78 is 28.3. The molecule has 0 spiro atoms. The summed E-state index contributed by atoms with van der Waals surface area (Å²) in [6, 6.07) is 5.76. The van der Waals surface area contributed by atoms with Gasteiger partial charge in [-0.05, 0) is 18.2 Å². The molecule has 5 atom stereocenters. The second-order valence-electron chi connectivity index (χ2n) is 10.2. The molecule has 2 heterocycles. The molecular formula is C25H33NO10Si. The Morgan fingerprint density at radius 1 is 0.892 bits per heavy atom. The van der Waals surface area contributed by atoms with Crippen LogP contribution in [0.25, 0.3) is 0 Å². The maximum Gasteiger partial charge on any atom is 0.303 e. The molecule has 0 radical (unpaired) electrons. The van der Waals surface area contributed by atoms with E-state index in [-0.39, 0.29) is 24.3 Å². The second-order valence-corrected chi connectivity index (χ2v) is 15.8. The van der Waals surface area contributed by atoms with Crippen molar-refractivity contribution >= 4 is 37.8 Å². The zero-order valence-corrected chi connectivity index (χ0v) is 22.8. The number of benzene rings is 1. The number of imide groups is 1. The first kappa shape index (κ1) is 28.5. The molecule has 0 unspecified atom stereocenters. The van der Waals surface area contributed by atoms with E-state index < -0.39 is 68.4 Å². The average molecular weight is 536 g/mol. The van der Waals surface area contributed by atoms with Crippen LogP contribution in [0.15, 0.2) is 24.3 Å². The Balaban J connectivity index is 2.07. The molecule has 37 heavy (non-hydrogen) atoms. The van der Waals surface area contributed by atoms with Gasteiger partial charge in [-0.3, -0.25) is 28.9 Å². The number of hydrogen-bond donors (Lipinski definition) is 0. The van der Waals surface area contributed by atoms with Gasteiger partial charge in [0.2, 0.25) is 0 Å². The summed E-state index contributed by atoms with van der Waals surface area (Å²) in [5.74, 6) is -3.31. The van der Waals surface area contributed by atoms with Gasteiger partial charge >= 0.3 is 17.9 Å². The molecule has 1 saturated heterocycles. The lowest BCUT2D eigenvalue weighted by atomic mass is 9.94. The Morgan fingerprint density at radius 3 is 1.92 bits per heavy atom. The highest BCUT2D eigenvalue weighted by atomic mass is 28.3. The fraction of sp³-hybridized carbons (Fsp3) is 0.560. The maximum absolute atomic E-state index is 13.4. The summed E-state index contributed by atoms with van der Waals surface area (Å²) in [4.78, 5) is 63.5. The van der Waals surface area contributed by atoms with Crippen molar-refractivity contribution in [2.75, 3.05) is 13.2 Å². The van der Waals surface area contributed by atoms with Gasteiger partial charge in [0.1, 0.15) is 18.8 Å². The number of amides is 2. The van der Waals surface area contributed by atoms with Gasteiger partial charge in [0.25, 0.3) is 11.8 Å². The molecule has 202 valence electrons. The van der Waals surface area contributed by atoms with Crippen LogP contribution in [0.1, 0.15) is 41.5 Å². The van der Waals surface area contributed by atoms with Crippen molar-refractivity contribution in [3.63, 3.8) is 0 Å². The molecule has 1 fully saturated rings. The highest BCUT2D eigenvalue weighted by Crippen LogP contribution is 2.35. The normalized spacial score (nSPS) is 25.5. The number of carbonyl (C=O) groups is 5. The average Bonchev–Trinajstić information content (AvgIpc) is 3.03. The highest BCUT2D eigenvalue weighted by molar-refractivity contribution is 6.76. The molecule has 0 N–H and O–H groups in total. The molecule has 2 aliphatic rings. The molecule has 1 aromatic carbocycles. The third-order valence-electron chi connectivity index (χ3n) is 5.93. The molecule has 12 heteroatoms. The first-order chi connectivity index (χ1) is 17.3. The van der Waals surface area contributed by atoms with E-state index in [1.807, 2.05) is 0 Å². The number of fused-ring (bicyclic) bond motifs is 1. The highest BCUT2D eigenvalue weighted by Gasteiger charge is 2.57. The molecular weight excluding hydrogens is 502 g/mol. The lowest BCUT2D eigenvalue weighted by Crippen LogP contribution is -2.67. The predicted octanol–water partition coefficient (Wildman–Crippen LogP) is 2.16. The van der Waals surface area contributed by atoms with Crippen LogP contribution in [0.4, 0.5) is 0 Å².